The van der Waals surface area contributed by atoms with Crippen LogP contribution >= 0.6 is 15.9 Å². The Labute approximate surface area is 230 Å². The highest BCUT2D eigenvalue weighted by Crippen LogP contribution is 2.40. The molecule has 0 amide bonds. The van der Waals surface area contributed by atoms with Crippen molar-refractivity contribution >= 4 is 65.1 Å². The molecule has 11 heteroatoms. The number of anilines is 2. The second-order valence-electron chi connectivity index (χ2n) is 9.25. The molecule has 1 N–H and O–H groups in total. The molecule has 3 aromatic carbocycles. The molecule has 0 radical (unpaired) electrons. The van der Waals surface area contributed by atoms with Crippen LogP contribution in [0.1, 0.15) is 29.2 Å². The van der Waals surface area contributed by atoms with Gasteiger partial charge >= 0.3 is 5.97 Å². The van der Waals surface area contributed by atoms with Crippen LogP contribution in [0.5, 0.6) is 0 Å². The predicted molar refractivity (Wildman–Crippen MR) is 149 cm³/mol. The molecule has 1 aliphatic rings. The summed E-state index contributed by atoms with van der Waals surface area (Å²) in [5, 5.41) is 10.9. The molecule has 0 atom stereocenters. The molecule has 196 valence electrons. The van der Waals surface area contributed by atoms with E-state index < -0.39 is 32.8 Å². The SMILES string of the molecule is O=C(O)c1cn(C2CC2)c2cc(N(c3ccc(Br)cn3)S(=O)(=O)c3ccc4ccccc4c3)c(F)cc2c1=O. The summed E-state index contributed by atoms with van der Waals surface area (Å²) in [4.78, 5) is 28.8. The minimum atomic E-state index is -4.42. The lowest BCUT2D eigenvalue weighted by atomic mass is 10.1. The van der Waals surface area contributed by atoms with E-state index in [0.29, 0.717) is 9.86 Å². The first-order valence-electron chi connectivity index (χ1n) is 11.9. The minimum absolute atomic E-state index is 0.0629. The number of carbonyl (C=O) groups is 1. The van der Waals surface area contributed by atoms with Gasteiger partial charge in [0.2, 0.25) is 5.43 Å². The summed E-state index contributed by atoms with van der Waals surface area (Å²) >= 11 is 3.29. The summed E-state index contributed by atoms with van der Waals surface area (Å²) in [6.45, 7) is 0. The topological polar surface area (TPSA) is 110 Å². The monoisotopic (exact) mass is 607 g/mol. The Kier molecular flexibility index (Phi) is 6.00. The first kappa shape index (κ1) is 25.2. The van der Waals surface area contributed by atoms with Gasteiger partial charge in [-0.3, -0.25) is 4.79 Å². The van der Waals surface area contributed by atoms with Crippen molar-refractivity contribution in [2.24, 2.45) is 0 Å². The third-order valence-electron chi connectivity index (χ3n) is 6.67. The number of fused-ring (bicyclic) bond motifs is 2. The van der Waals surface area contributed by atoms with Crippen LogP contribution in [-0.4, -0.2) is 29.0 Å². The van der Waals surface area contributed by atoms with Crippen molar-refractivity contribution in [3.63, 3.8) is 0 Å². The van der Waals surface area contributed by atoms with Gasteiger partial charge in [0, 0.05) is 28.3 Å². The van der Waals surface area contributed by atoms with Gasteiger partial charge in [0.25, 0.3) is 10.0 Å². The highest BCUT2D eigenvalue weighted by Gasteiger charge is 2.33. The maximum atomic E-state index is 15.9. The second-order valence-corrected chi connectivity index (χ2v) is 12.0. The molecule has 0 aliphatic heterocycles. The maximum Gasteiger partial charge on any atom is 0.341 e. The third-order valence-corrected chi connectivity index (χ3v) is 8.85. The van der Waals surface area contributed by atoms with E-state index in [1.807, 2.05) is 12.1 Å². The Balaban J connectivity index is 1.63. The van der Waals surface area contributed by atoms with E-state index in [0.717, 1.165) is 28.6 Å². The van der Waals surface area contributed by atoms with Crippen LogP contribution < -0.4 is 9.73 Å². The Morgan fingerprint density at radius 3 is 2.46 bits per heavy atom. The number of carboxylic acid groups (broad SMARTS) is 1. The number of rotatable bonds is 6. The molecule has 1 saturated carbocycles. The van der Waals surface area contributed by atoms with Crippen LogP contribution in [0.15, 0.2) is 93.3 Å². The van der Waals surface area contributed by atoms with Crippen LogP contribution in [-0.2, 0) is 10.0 Å². The molecule has 0 spiro atoms. The average molecular weight is 608 g/mol. The Hall–Kier alpha value is -4.09. The summed E-state index contributed by atoms with van der Waals surface area (Å²) in [5.74, 6) is -2.49. The molecule has 5 aromatic rings. The van der Waals surface area contributed by atoms with E-state index in [-0.39, 0.29) is 33.3 Å². The fourth-order valence-electron chi connectivity index (χ4n) is 4.62. The number of benzene rings is 3. The van der Waals surface area contributed by atoms with E-state index in [2.05, 4.69) is 20.9 Å². The number of aromatic carboxylic acids is 1. The van der Waals surface area contributed by atoms with E-state index in [1.165, 1.54) is 36.7 Å². The number of carboxylic acids is 1. The lowest BCUT2D eigenvalue weighted by molar-refractivity contribution is 0.0694. The Bertz CT molecular complexity index is 1970. The van der Waals surface area contributed by atoms with Gasteiger partial charge in [-0.05, 0) is 75.9 Å². The number of hydrogen-bond donors (Lipinski definition) is 1. The molecule has 0 bridgehead atoms. The summed E-state index contributed by atoms with van der Waals surface area (Å²) in [6.07, 6.45) is 4.14. The zero-order valence-electron chi connectivity index (χ0n) is 20.1. The van der Waals surface area contributed by atoms with Crippen molar-refractivity contribution in [3.8, 4) is 0 Å². The molecule has 1 aliphatic carbocycles. The van der Waals surface area contributed by atoms with Crippen molar-refractivity contribution < 1.29 is 22.7 Å². The summed E-state index contributed by atoms with van der Waals surface area (Å²) in [5.41, 5.74) is -1.43. The lowest BCUT2D eigenvalue weighted by Crippen LogP contribution is -2.28. The van der Waals surface area contributed by atoms with Crippen molar-refractivity contribution in [1.29, 1.82) is 0 Å². The largest absolute Gasteiger partial charge is 0.477 e. The van der Waals surface area contributed by atoms with Gasteiger partial charge < -0.3 is 9.67 Å². The molecule has 2 aromatic heterocycles. The zero-order valence-corrected chi connectivity index (χ0v) is 22.5. The number of aromatic nitrogens is 2. The number of nitrogens with zero attached hydrogens (tertiary/aromatic N) is 3. The lowest BCUT2D eigenvalue weighted by Gasteiger charge is -2.25. The second kappa shape index (κ2) is 9.28. The Morgan fingerprint density at radius 1 is 1.05 bits per heavy atom. The van der Waals surface area contributed by atoms with Crippen molar-refractivity contribution in [3.05, 3.63) is 105 Å². The van der Waals surface area contributed by atoms with Gasteiger partial charge in [-0.2, -0.15) is 0 Å². The van der Waals surface area contributed by atoms with Crippen LogP contribution in [0.25, 0.3) is 21.7 Å². The number of sulfonamides is 1. The van der Waals surface area contributed by atoms with Gasteiger partial charge in [0.15, 0.2) is 0 Å². The first-order chi connectivity index (χ1) is 18.6. The molecule has 2 heterocycles. The molecule has 0 saturated heterocycles. The van der Waals surface area contributed by atoms with Crippen LogP contribution in [0.3, 0.4) is 0 Å². The van der Waals surface area contributed by atoms with Crippen molar-refractivity contribution in [2.75, 3.05) is 4.31 Å². The van der Waals surface area contributed by atoms with Crippen molar-refractivity contribution in [1.82, 2.24) is 9.55 Å². The van der Waals surface area contributed by atoms with Gasteiger partial charge in [-0.1, -0.05) is 30.3 Å². The molecule has 39 heavy (non-hydrogen) atoms. The normalized spacial score (nSPS) is 13.6. The maximum absolute atomic E-state index is 15.9. The van der Waals surface area contributed by atoms with E-state index in [1.54, 1.807) is 28.8 Å². The highest BCUT2D eigenvalue weighted by molar-refractivity contribution is 9.10. The van der Waals surface area contributed by atoms with Crippen LogP contribution in [0.2, 0.25) is 0 Å². The Morgan fingerprint density at radius 2 is 1.79 bits per heavy atom. The fourth-order valence-corrected chi connectivity index (χ4v) is 6.33. The van der Waals surface area contributed by atoms with Crippen LogP contribution in [0.4, 0.5) is 15.9 Å². The highest BCUT2D eigenvalue weighted by atomic mass is 79.9. The molecular weight excluding hydrogens is 589 g/mol. The first-order valence-corrected chi connectivity index (χ1v) is 14.2. The van der Waals surface area contributed by atoms with Crippen molar-refractivity contribution in [2.45, 2.75) is 23.8 Å². The van der Waals surface area contributed by atoms with Gasteiger partial charge in [-0.15, -0.1) is 0 Å². The molecular formula is C28H19BrFN3O5S. The van der Waals surface area contributed by atoms with E-state index in [4.69, 9.17) is 0 Å². The average Bonchev–Trinajstić information content (AvgIpc) is 3.76. The fraction of sp³-hybridized carbons (Fsp3) is 0.107. The number of pyridine rings is 2. The van der Waals surface area contributed by atoms with Gasteiger partial charge in [0.1, 0.15) is 17.2 Å². The smallest absolute Gasteiger partial charge is 0.341 e. The van der Waals surface area contributed by atoms with Gasteiger partial charge in [-0.25, -0.2) is 26.9 Å². The predicted octanol–water partition coefficient (Wildman–Crippen LogP) is 6.01. The standard InChI is InChI=1S/C28H19BrFN3O5S/c29-18-6-10-26(31-14-18)33(39(37,38)20-9-5-16-3-1-2-4-17(16)11-20)25-13-24-21(12-23(25)30)27(34)22(28(35)36)15-32(24)19-7-8-19/h1-6,9-15,19H,7-8H2,(H,35,36). The van der Waals surface area contributed by atoms with Crippen LogP contribution in [0, 0.1) is 5.82 Å². The summed E-state index contributed by atoms with van der Waals surface area (Å²) in [6, 6.07) is 17.0. The number of halogens is 2. The summed E-state index contributed by atoms with van der Waals surface area (Å²) in [7, 11) is -4.42. The molecule has 6 rings (SSSR count). The third kappa shape index (κ3) is 4.37. The minimum Gasteiger partial charge on any atom is -0.477 e. The number of hydrogen-bond acceptors (Lipinski definition) is 5. The van der Waals surface area contributed by atoms with E-state index in [9.17, 15) is 23.1 Å². The quantitative estimate of drug-likeness (QED) is 0.253. The molecule has 1 fully saturated rings. The van der Waals surface area contributed by atoms with Gasteiger partial charge in [0.05, 0.1) is 16.1 Å². The molecule has 0 unspecified atom stereocenters. The zero-order chi connectivity index (χ0) is 27.5. The summed E-state index contributed by atoms with van der Waals surface area (Å²) < 4.78 is 47.2. The van der Waals surface area contributed by atoms with E-state index >= 15 is 4.39 Å². The molecule has 8 nitrogen and oxygen atoms in total.